The number of urea groups is 1. The number of benzene rings is 2. The van der Waals surface area contributed by atoms with Crippen LogP contribution in [-0.2, 0) is 19.5 Å². The maximum absolute atomic E-state index is 13.3. The zero-order chi connectivity index (χ0) is 20.2. The molecule has 0 unspecified atom stereocenters. The number of hydrogen-bond acceptors (Lipinski definition) is 3. The Kier molecular flexibility index (Phi) is 5.60. The third-order valence-electron chi connectivity index (χ3n) is 5.31. The van der Waals surface area contributed by atoms with Gasteiger partial charge in [0.05, 0.1) is 6.54 Å². The number of hydrogen-bond donors (Lipinski definition) is 1. The van der Waals surface area contributed by atoms with Gasteiger partial charge in [0.2, 0.25) is 0 Å². The minimum Gasteiger partial charge on any atom is -0.313 e. The van der Waals surface area contributed by atoms with Crippen molar-refractivity contribution in [3.05, 3.63) is 71.3 Å². The molecule has 1 aliphatic rings. The van der Waals surface area contributed by atoms with Crippen LogP contribution in [0.1, 0.15) is 42.0 Å². The molecule has 0 radical (unpaired) electrons. The number of aromatic nitrogens is 3. The van der Waals surface area contributed by atoms with Gasteiger partial charge in [-0.25, -0.2) is 4.79 Å². The minimum atomic E-state index is -0.174. The van der Waals surface area contributed by atoms with E-state index in [4.69, 9.17) is 0 Å². The second-order valence-corrected chi connectivity index (χ2v) is 7.72. The Morgan fingerprint density at radius 3 is 2.62 bits per heavy atom. The number of anilines is 2. The van der Waals surface area contributed by atoms with Gasteiger partial charge in [0.15, 0.2) is 5.82 Å². The Labute approximate surface area is 171 Å². The summed E-state index contributed by atoms with van der Waals surface area (Å²) in [5.41, 5.74) is 3.84. The van der Waals surface area contributed by atoms with Gasteiger partial charge >= 0.3 is 6.03 Å². The molecular formula is C23H27N5O. The predicted molar refractivity (Wildman–Crippen MR) is 115 cm³/mol. The maximum atomic E-state index is 13.3. The summed E-state index contributed by atoms with van der Waals surface area (Å²) in [4.78, 5) is 15.0. The van der Waals surface area contributed by atoms with Crippen molar-refractivity contribution in [2.45, 2.75) is 52.6 Å². The van der Waals surface area contributed by atoms with Gasteiger partial charge in [0.1, 0.15) is 5.82 Å². The number of amides is 2. The van der Waals surface area contributed by atoms with Crippen molar-refractivity contribution in [3.8, 4) is 0 Å². The molecule has 0 fully saturated rings. The number of fused-ring (bicyclic) bond motifs is 1. The highest BCUT2D eigenvalue weighted by Gasteiger charge is 2.22. The summed E-state index contributed by atoms with van der Waals surface area (Å²) < 4.78 is 2.19. The van der Waals surface area contributed by atoms with E-state index in [-0.39, 0.29) is 6.03 Å². The van der Waals surface area contributed by atoms with E-state index in [0.717, 1.165) is 60.0 Å². The van der Waals surface area contributed by atoms with E-state index in [1.54, 1.807) is 4.90 Å². The molecule has 1 aromatic heterocycles. The maximum Gasteiger partial charge on any atom is 0.326 e. The van der Waals surface area contributed by atoms with E-state index >= 15 is 0 Å². The zero-order valence-corrected chi connectivity index (χ0v) is 17.1. The topological polar surface area (TPSA) is 63.1 Å². The van der Waals surface area contributed by atoms with Gasteiger partial charge in [-0.05, 0) is 62.1 Å². The van der Waals surface area contributed by atoms with Crippen molar-refractivity contribution in [2.75, 3.05) is 10.2 Å². The van der Waals surface area contributed by atoms with E-state index in [1.165, 1.54) is 6.42 Å². The summed E-state index contributed by atoms with van der Waals surface area (Å²) in [5, 5.41) is 11.8. The molecule has 0 aliphatic carbocycles. The third kappa shape index (κ3) is 4.47. The molecule has 0 atom stereocenters. The lowest BCUT2D eigenvalue weighted by Gasteiger charge is -2.24. The van der Waals surface area contributed by atoms with Crippen molar-refractivity contribution < 1.29 is 4.79 Å². The highest BCUT2D eigenvalue weighted by atomic mass is 16.2. The van der Waals surface area contributed by atoms with Crippen LogP contribution in [0.3, 0.4) is 0 Å². The molecule has 1 aliphatic heterocycles. The molecule has 4 rings (SSSR count). The monoisotopic (exact) mass is 389 g/mol. The first kappa shape index (κ1) is 19.2. The molecule has 150 valence electrons. The van der Waals surface area contributed by atoms with Gasteiger partial charge < -0.3 is 9.88 Å². The summed E-state index contributed by atoms with van der Waals surface area (Å²) >= 11 is 0. The molecule has 0 spiro atoms. The van der Waals surface area contributed by atoms with E-state index in [1.807, 2.05) is 62.4 Å². The Balaban J connectivity index is 1.64. The minimum absolute atomic E-state index is 0.174. The highest BCUT2D eigenvalue weighted by molar-refractivity contribution is 6.01. The van der Waals surface area contributed by atoms with E-state index in [2.05, 4.69) is 20.1 Å². The van der Waals surface area contributed by atoms with Crippen molar-refractivity contribution >= 4 is 17.4 Å². The fourth-order valence-corrected chi connectivity index (χ4v) is 3.79. The number of nitrogens with one attached hydrogen (secondary N) is 1. The number of carbonyl (C=O) groups is 1. The van der Waals surface area contributed by atoms with Crippen LogP contribution >= 0.6 is 0 Å². The summed E-state index contributed by atoms with van der Waals surface area (Å²) in [7, 11) is 0. The first-order chi connectivity index (χ1) is 14.1. The quantitative estimate of drug-likeness (QED) is 0.693. The molecule has 0 saturated heterocycles. The van der Waals surface area contributed by atoms with Gasteiger partial charge in [0.25, 0.3) is 0 Å². The van der Waals surface area contributed by atoms with E-state index in [9.17, 15) is 4.79 Å². The van der Waals surface area contributed by atoms with E-state index in [0.29, 0.717) is 6.54 Å². The molecule has 2 amide bonds. The van der Waals surface area contributed by atoms with Gasteiger partial charge in [-0.2, -0.15) is 0 Å². The standard InChI is InChI=1S/C23H27N5O/c1-17-8-6-10-19(14-17)24-23(29)28(20-11-7-9-18(2)15-20)16-22-26-25-21-12-4-3-5-13-27(21)22/h6-11,14-15H,3-5,12-13,16H2,1-2H3,(H,24,29). The summed E-state index contributed by atoms with van der Waals surface area (Å²) in [6.07, 6.45) is 4.43. The molecule has 6 heteroatoms. The molecule has 6 nitrogen and oxygen atoms in total. The number of aryl methyl sites for hydroxylation is 3. The lowest BCUT2D eigenvalue weighted by Crippen LogP contribution is -2.35. The second kappa shape index (κ2) is 8.47. The van der Waals surface area contributed by atoms with Gasteiger partial charge in [-0.3, -0.25) is 4.90 Å². The van der Waals surface area contributed by atoms with Crippen LogP contribution in [0.2, 0.25) is 0 Å². The molecule has 3 aromatic rings. The lowest BCUT2D eigenvalue weighted by molar-refractivity contribution is 0.256. The second-order valence-electron chi connectivity index (χ2n) is 7.72. The average molecular weight is 390 g/mol. The highest BCUT2D eigenvalue weighted by Crippen LogP contribution is 2.22. The number of rotatable bonds is 4. The third-order valence-corrected chi connectivity index (χ3v) is 5.31. The van der Waals surface area contributed by atoms with Crippen molar-refractivity contribution in [2.24, 2.45) is 0 Å². The van der Waals surface area contributed by atoms with Crippen LogP contribution in [0, 0.1) is 13.8 Å². The number of nitrogens with zero attached hydrogens (tertiary/aromatic N) is 4. The van der Waals surface area contributed by atoms with Crippen LogP contribution in [0.5, 0.6) is 0 Å². The normalized spacial score (nSPS) is 13.4. The fraction of sp³-hybridized carbons (Fsp3) is 0.348. The first-order valence-corrected chi connectivity index (χ1v) is 10.2. The Hall–Kier alpha value is -3.15. The lowest BCUT2D eigenvalue weighted by atomic mass is 10.2. The van der Waals surface area contributed by atoms with Crippen LogP contribution in [0.4, 0.5) is 16.2 Å². The van der Waals surface area contributed by atoms with Crippen LogP contribution in [0.25, 0.3) is 0 Å². The first-order valence-electron chi connectivity index (χ1n) is 10.2. The predicted octanol–water partition coefficient (Wildman–Crippen LogP) is 4.86. The molecule has 2 heterocycles. The zero-order valence-electron chi connectivity index (χ0n) is 17.1. The molecule has 2 aromatic carbocycles. The van der Waals surface area contributed by atoms with Gasteiger partial charge in [-0.1, -0.05) is 30.7 Å². The number of carbonyl (C=O) groups excluding carboxylic acids is 1. The van der Waals surface area contributed by atoms with Crippen LogP contribution < -0.4 is 10.2 Å². The molecule has 29 heavy (non-hydrogen) atoms. The van der Waals surface area contributed by atoms with Crippen LogP contribution in [-0.4, -0.2) is 20.8 Å². The fourth-order valence-electron chi connectivity index (χ4n) is 3.79. The SMILES string of the molecule is Cc1cccc(NC(=O)N(Cc2nnc3n2CCCCC3)c2cccc(C)c2)c1. The summed E-state index contributed by atoms with van der Waals surface area (Å²) in [6, 6.07) is 15.6. The molecule has 0 bridgehead atoms. The summed E-state index contributed by atoms with van der Waals surface area (Å²) in [5.74, 6) is 1.86. The molecule has 0 saturated carbocycles. The summed E-state index contributed by atoms with van der Waals surface area (Å²) in [6.45, 7) is 5.34. The Morgan fingerprint density at radius 1 is 1.03 bits per heavy atom. The van der Waals surface area contributed by atoms with Gasteiger partial charge in [0, 0.05) is 24.3 Å². The molecular weight excluding hydrogens is 362 g/mol. The van der Waals surface area contributed by atoms with Crippen LogP contribution in [0.15, 0.2) is 48.5 Å². The Morgan fingerprint density at radius 2 is 1.83 bits per heavy atom. The Bertz CT molecular complexity index is 1010. The molecule has 1 N–H and O–H groups in total. The smallest absolute Gasteiger partial charge is 0.313 e. The van der Waals surface area contributed by atoms with Gasteiger partial charge in [-0.15, -0.1) is 10.2 Å². The average Bonchev–Trinajstić information content (AvgIpc) is 2.92. The largest absolute Gasteiger partial charge is 0.326 e. The van der Waals surface area contributed by atoms with Crippen molar-refractivity contribution in [3.63, 3.8) is 0 Å². The van der Waals surface area contributed by atoms with Crippen molar-refractivity contribution in [1.29, 1.82) is 0 Å². The van der Waals surface area contributed by atoms with E-state index < -0.39 is 0 Å². The van der Waals surface area contributed by atoms with Crippen molar-refractivity contribution in [1.82, 2.24) is 14.8 Å².